The van der Waals surface area contributed by atoms with Crippen LogP contribution in [0.5, 0.6) is 0 Å². The van der Waals surface area contributed by atoms with Gasteiger partial charge in [-0.15, -0.1) is 0 Å². The lowest BCUT2D eigenvalue weighted by Gasteiger charge is -2.23. The fourth-order valence-corrected chi connectivity index (χ4v) is 4.46. The molecule has 0 bridgehead atoms. The predicted octanol–water partition coefficient (Wildman–Crippen LogP) is 2.03. The summed E-state index contributed by atoms with van der Waals surface area (Å²) < 4.78 is 1.42. The Hall–Kier alpha value is -1.92. The zero-order valence-corrected chi connectivity index (χ0v) is 13.9. The summed E-state index contributed by atoms with van der Waals surface area (Å²) in [5, 5.41) is 10.1. The second kappa shape index (κ2) is 5.57. The predicted molar refractivity (Wildman–Crippen MR) is 89.2 cm³/mol. The molecule has 1 aliphatic carbocycles. The number of aliphatic carboxylic acids is 1. The van der Waals surface area contributed by atoms with Gasteiger partial charge in [-0.1, -0.05) is 18.0 Å². The Kier molecular flexibility index (Phi) is 3.62. The van der Waals surface area contributed by atoms with E-state index in [2.05, 4.69) is 9.88 Å². The van der Waals surface area contributed by atoms with E-state index in [0.29, 0.717) is 29.5 Å². The number of carboxylic acids is 1. The van der Waals surface area contributed by atoms with Gasteiger partial charge in [-0.05, 0) is 30.9 Å². The standard InChI is InChI=1S/C17H18ClN3O3/c18-12-3-4-14-19-13(6-15(22)21(14)8-12)9-20-7-11-2-1-5-17(11,10-20)16(23)24/h3-4,6,8,11H,1-2,5,7,9-10H2,(H,23,24)/t11-,17+/m0/s1. The van der Waals surface area contributed by atoms with Gasteiger partial charge in [0, 0.05) is 31.9 Å². The summed E-state index contributed by atoms with van der Waals surface area (Å²) in [6.45, 7) is 1.79. The summed E-state index contributed by atoms with van der Waals surface area (Å²) in [4.78, 5) is 30.6. The maximum absolute atomic E-state index is 12.2. The highest BCUT2D eigenvalue weighted by Gasteiger charge is 2.54. The Labute approximate surface area is 143 Å². The van der Waals surface area contributed by atoms with Crippen LogP contribution in [0.25, 0.3) is 5.65 Å². The minimum absolute atomic E-state index is 0.176. The van der Waals surface area contributed by atoms with Crippen LogP contribution in [0, 0.1) is 11.3 Å². The van der Waals surface area contributed by atoms with Crippen LogP contribution < -0.4 is 5.56 Å². The first-order valence-electron chi connectivity index (χ1n) is 8.11. The Morgan fingerprint density at radius 3 is 3.04 bits per heavy atom. The lowest BCUT2D eigenvalue weighted by molar-refractivity contribution is -0.149. The number of hydrogen-bond donors (Lipinski definition) is 1. The van der Waals surface area contributed by atoms with Gasteiger partial charge in [0.05, 0.1) is 16.1 Å². The Morgan fingerprint density at radius 2 is 2.29 bits per heavy atom. The summed E-state index contributed by atoms with van der Waals surface area (Å²) in [6.07, 6.45) is 4.25. The number of fused-ring (bicyclic) bond motifs is 2. The topological polar surface area (TPSA) is 74.9 Å². The molecule has 126 valence electrons. The molecule has 4 rings (SSSR count). The highest BCUT2D eigenvalue weighted by molar-refractivity contribution is 6.30. The lowest BCUT2D eigenvalue weighted by atomic mass is 9.81. The van der Waals surface area contributed by atoms with Crippen LogP contribution in [-0.2, 0) is 11.3 Å². The number of carbonyl (C=O) groups is 1. The third-order valence-electron chi connectivity index (χ3n) is 5.43. The van der Waals surface area contributed by atoms with Gasteiger partial charge in [-0.3, -0.25) is 18.9 Å². The second-order valence-electron chi connectivity index (χ2n) is 6.88. The van der Waals surface area contributed by atoms with Gasteiger partial charge in [-0.2, -0.15) is 0 Å². The summed E-state index contributed by atoms with van der Waals surface area (Å²) in [5.41, 5.74) is 0.432. The van der Waals surface area contributed by atoms with Gasteiger partial charge in [0.1, 0.15) is 5.65 Å². The molecule has 0 spiro atoms. The van der Waals surface area contributed by atoms with Crippen molar-refractivity contribution in [3.8, 4) is 0 Å². The maximum atomic E-state index is 12.2. The van der Waals surface area contributed by atoms with E-state index < -0.39 is 11.4 Å². The van der Waals surface area contributed by atoms with Crippen LogP contribution in [0.2, 0.25) is 5.02 Å². The Bertz CT molecular complexity index is 881. The van der Waals surface area contributed by atoms with E-state index >= 15 is 0 Å². The first-order valence-corrected chi connectivity index (χ1v) is 8.49. The molecular weight excluding hydrogens is 330 g/mol. The van der Waals surface area contributed by atoms with Crippen LogP contribution in [0.4, 0.5) is 0 Å². The van der Waals surface area contributed by atoms with E-state index in [4.69, 9.17) is 11.6 Å². The number of aromatic nitrogens is 2. The molecule has 2 atom stereocenters. The van der Waals surface area contributed by atoms with Gasteiger partial charge >= 0.3 is 5.97 Å². The van der Waals surface area contributed by atoms with Crippen molar-refractivity contribution in [2.45, 2.75) is 25.8 Å². The fourth-order valence-electron chi connectivity index (χ4n) is 4.30. The minimum atomic E-state index is -0.686. The molecule has 0 unspecified atom stereocenters. The fraction of sp³-hybridized carbons (Fsp3) is 0.471. The second-order valence-corrected chi connectivity index (χ2v) is 7.32. The van der Waals surface area contributed by atoms with Gasteiger partial charge in [0.25, 0.3) is 5.56 Å². The van der Waals surface area contributed by atoms with Crippen LogP contribution in [0.3, 0.4) is 0 Å². The summed E-state index contributed by atoms with van der Waals surface area (Å²) in [7, 11) is 0. The van der Waals surface area contributed by atoms with Crippen molar-refractivity contribution in [1.29, 1.82) is 0 Å². The highest BCUT2D eigenvalue weighted by atomic mass is 35.5. The van der Waals surface area contributed by atoms with E-state index in [9.17, 15) is 14.7 Å². The molecule has 1 saturated heterocycles. The van der Waals surface area contributed by atoms with Crippen molar-refractivity contribution in [2.75, 3.05) is 13.1 Å². The average molecular weight is 348 g/mol. The van der Waals surface area contributed by atoms with Gasteiger partial charge in [0.2, 0.25) is 0 Å². The molecule has 3 heterocycles. The first-order chi connectivity index (χ1) is 11.5. The lowest BCUT2D eigenvalue weighted by Crippen LogP contribution is -2.35. The van der Waals surface area contributed by atoms with E-state index in [-0.39, 0.29) is 11.5 Å². The van der Waals surface area contributed by atoms with Crippen molar-refractivity contribution in [2.24, 2.45) is 11.3 Å². The van der Waals surface area contributed by atoms with Gasteiger partial charge in [0.15, 0.2) is 0 Å². The zero-order valence-electron chi connectivity index (χ0n) is 13.1. The molecule has 1 N–H and O–H groups in total. The van der Waals surface area contributed by atoms with Crippen molar-refractivity contribution in [3.63, 3.8) is 0 Å². The molecule has 2 fully saturated rings. The van der Waals surface area contributed by atoms with Crippen LogP contribution in [0.1, 0.15) is 25.0 Å². The van der Waals surface area contributed by atoms with E-state index in [0.717, 1.165) is 25.8 Å². The van der Waals surface area contributed by atoms with Crippen molar-refractivity contribution in [1.82, 2.24) is 14.3 Å². The molecule has 1 aliphatic heterocycles. The molecule has 2 aliphatic rings. The number of likely N-dealkylation sites (tertiary alicyclic amines) is 1. The van der Waals surface area contributed by atoms with E-state index in [1.54, 1.807) is 18.3 Å². The SMILES string of the molecule is O=C(O)[C@@]12CCC[C@H]1CN(Cc1cc(=O)n3cc(Cl)ccc3n1)C2. The number of carboxylic acid groups (broad SMARTS) is 1. The Morgan fingerprint density at radius 1 is 1.46 bits per heavy atom. The molecule has 24 heavy (non-hydrogen) atoms. The van der Waals surface area contributed by atoms with E-state index in [1.165, 1.54) is 10.5 Å². The third-order valence-corrected chi connectivity index (χ3v) is 5.65. The summed E-state index contributed by atoms with van der Waals surface area (Å²) in [5.74, 6) is -0.482. The first kappa shape index (κ1) is 15.6. The quantitative estimate of drug-likeness (QED) is 0.919. The van der Waals surface area contributed by atoms with Crippen LogP contribution in [-0.4, -0.2) is 38.4 Å². The molecule has 7 heteroatoms. The largest absolute Gasteiger partial charge is 0.481 e. The number of hydrogen-bond acceptors (Lipinski definition) is 4. The Balaban J connectivity index is 1.61. The van der Waals surface area contributed by atoms with E-state index in [1.807, 2.05) is 0 Å². The summed E-state index contributed by atoms with van der Waals surface area (Å²) >= 11 is 5.92. The molecule has 0 aromatic carbocycles. The number of halogens is 1. The molecule has 0 radical (unpaired) electrons. The maximum Gasteiger partial charge on any atom is 0.311 e. The highest BCUT2D eigenvalue weighted by Crippen LogP contribution is 2.49. The van der Waals surface area contributed by atoms with Gasteiger partial charge < -0.3 is 5.11 Å². The minimum Gasteiger partial charge on any atom is -0.481 e. The van der Waals surface area contributed by atoms with Crippen LogP contribution >= 0.6 is 11.6 Å². The number of rotatable bonds is 3. The normalized spacial score (nSPS) is 26.8. The van der Waals surface area contributed by atoms with Crippen molar-refractivity contribution >= 4 is 23.2 Å². The number of pyridine rings is 1. The molecule has 2 aromatic rings. The molecule has 2 aromatic heterocycles. The smallest absolute Gasteiger partial charge is 0.311 e. The molecule has 0 amide bonds. The molecule has 6 nitrogen and oxygen atoms in total. The monoisotopic (exact) mass is 347 g/mol. The zero-order chi connectivity index (χ0) is 16.9. The van der Waals surface area contributed by atoms with Gasteiger partial charge in [-0.25, -0.2) is 4.98 Å². The third kappa shape index (κ3) is 2.41. The van der Waals surface area contributed by atoms with Crippen LogP contribution in [0.15, 0.2) is 29.2 Å². The van der Waals surface area contributed by atoms with Crippen molar-refractivity contribution < 1.29 is 9.90 Å². The average Bonchev–Trinajstić information content (AvgIpc) is 3.06. The molecular formula is C17H18ClN3O3. The summed E-state index contributed by atoms with van der Waals surface area (Å²) in [6, 6.07) is 4.92. The molecule has 1 saturated carbocycles. The number of nitrogens with zero attached hydrogens (tertiary/aromatic N) is 3. The van der Waals surface area contributed by atoms with Crippen molar-refractivity contribution in [3.05, 3.63) is 45.5 Å².